The molecule has 1 aromatic carbocycles. The van der Waals surface area contributed by atoms with Gasteiger partial charge in [-0.15, -0.1) is 0 Å². The van der Waals surface area contributed by atoms with Crippen LogP contribution in [0.25, 0.3) is 0 Å². The number of amides is 1. The lowest BCUT2D eigenvalue weighted by molar-refractivity contribution is -0.125. The quantitative estimate of drug-likeness (QED) is 0.794. The fourth-order valence-corrected chi connectivity index (χ4v) is 2.03. The van der Waals surface area contributed by atoms with Gasteiger partial charge < -0.3 is 11.1 Å². The highest BCUT2D eigenvalue weighted by atomic mass is 16.2. The van der Waals surface area contributed by atoms with E-state index < -0.39 is 0 Å². The Balaban J connectivity index is 2.82. The van der Waals surface area contributed by atoms with Gasteiger partial charge in [-0.1, -0.05) is 31.2 Å². The highest BCUT2D eigenvalue weighted by Gasteiger charge is 2.19. The molecule has 0 aliphatic carbocycles. The maximum Gasteiger partial charge on any atom is 0.236 e. The van der Waals surface area contributed by atoms with Crippen LogP contribution in [0.15, 0.2) is 24.3 Å². The van der Waals surface area contributed by atoms with Crippen LogP contribution in [0.4, 0.5) is 0 Å². The lowest BCUT2D eigenvalue weighted by Crippen LogP contribution is -2.43. The summed E-state index contributed by atoms with van der Waals surface area (Å²) in [5.41, 5.74) is 8.06. The Morgan fingerprint density at radius 1 is 1.39 bits per heavy atom. The minimum atomic E-state index is -0.133. The number of likely N-dealkylation sites (N-methyl/N-ethyl adjacent to an activating group) is 2. The molecule has 1 aromatic rings. The largest absolute Gasteiger partial charge is 0.358 e. The summed E-state index contributed by atoms with van der Waals surface area (Å²) in [7, 11) is 1.67. The van der Waals surface area contributed by atoms with E-state index in [1.807, 2.05) is 25.1 Å². The summed E-state index contributed by atoms with van der Waals surface area (Å²) in [6, 6.07) is 7.97. The highest BCUT2D eigenvalue weighted by Crippen LogP contribution is 2.13. The third kappa shape index (κ3) is 3.55. The van der Waals surface area contributed by atoms with Crippen molar-refractivity contribution in [1.29, 1.82) is 0 Å². The molecule has 4 heteroatoms. The Hall–Kier alpha value is -1.39. The lowest BCUT2D eigenvalue weighted by atomic mass is 10.1. The molecule has 1 atom stereocenters. The first-order chi connectivity index (χ1) is 8.63. The van der Waals surface area contributed by atoms with Crippen molar-refractivity contribution in [3.05, 3.63) is 35.4 Å². The van der Waals surface area contributed by atoms with E-state index in [-0.39, 0.29) is 11.9 Å². The zero-order chi connectivity index (χ0) is 13.5. The number of rotatable bonds is 6. The molecule has 1 amide bonds. The summed E-state index contributed by atoms with van der Waals surface area (Å²) in [6.45, 7) is 6.09. The molecule has 0 bridgehead atoms. The molecule has 4 nitrogen and oxygen atoms in total. The third-order valence-corrected chi connectivity index (χ3v) is 3.29. The molecule has 100 valence electrons. The average molecular weight is 249 g/mol. The Kier molecular flexibility index (Phi) is 5.82. The molecule has 0 aliphatic rings. The normalized spacial score (nSPS) is 12.5. The Morgan fingerprint density at radius 2 is 2.00 bits per heavy atom. The molecular formula is C14H23N3O. The second-order valence-corrected chi connectivity index (χ2v) is 4.33. The van der Waals surface area contributed by atoms with E-state index in [0.717, 1.165) is 18.7 Å². The highest BCUT2D eigenvalue weighted by molar-refractivity contribution is 5.80. The zero-order valence-corrected chi connectivity index (χ0v) is 11.4. The number of benzene rings is 1. The van der Waals surface area contributed by atoms with Gasteiger partial charge in [0.15, 0.2) is 0 Å². The van der Waals surface area contributed by atoms with Crippen LogP contribution in [0.2, 0.25) is 0 Å². The molecule has 0 saturated carbocycles. The van der Waals surface area contributed by atoms with Gasteiger partial charge in [0.25, 0.3) is 0 Å². The van der Waals surface area contributed by atoms with Gasteiger partial charge >= 0.3 is 0 Å². The maximum absolute atomic E-state index is 11.7. The fourth-order valence-electron chi connectivity index (χ4n) is 2.03. The van der Waals surface area contributed by atoms with Crippen molar-refractivity contribution < 1.29 is 4.79 Å². The smallest absolute Gasteiger partial charge is 0.236 e. The maximum atomic E-state index is 11.7. The van der Waals surface area contributed by atoms with E-state index in [9.17, 15) is 4.79 Å². The molecule has 0 saturated heterocycles. The number of carbonyl (C=O) groups excluding carboxylic acids is 1. The molecule has 3 N–H and O–H groups in total. The SMILES string of the molecule is CCN(Cc1ccccc1CN)C(C)C(=O)NC. The summed E-state index contributed by atoms with van der Waals surface area (Å²) in [4.78, 5) is 13.8. The second-order valence-electron chi connectivity index (χ2n) is 4.33. The van der Waals surface area contributed by atoms with Crippen molar-refractivity contribution in [2.24, 2.45) is 5.73 Å². The number of nitrogens with two attached hydrogens (primary N) is 1. The number of hydrogen-bond donors (Lipinski definition) is 2. The first-order valence-corrected chi connectivity index (χ1v) is 6.36. The van der Waals surface area contributed by atoms with Crippen LogP contribution in [-0.4, -0.2) is 30.4 Å². The van der Waals surface area contributed by atoms with Crippen LogP contribution in [0.1, 0.15) is 25.0 Å². The van der Waals surface area contributed by atoms with E-state index in [4.69, 9.17) is 5.73 Å². The van der Waals surface area contributed by atoms with E-state index in [2.05, 4.69) is 23.2 Å². The van der Waals surface area contributed by atoms with Crippen LogP contribution in [0, 0.1) is 0 Å². The summed E-state index contributed by atoms with van der Waals surface area (Å²) in [5, 5.41) is 2.69. The molecule has 0 aliphatic heterocycles. The standard InChI is InChI=1S/C14H23N3O/c1-4-17(11(2)14(18)16-3)10-13-8-6-5-7-12(13)9-15/h5-8,11H,4,9-10,15H2,1-3H3,(H,16,18). The topological polar surface area (TPSA) is 58.4 Å². The lowest BCUT2D eigenvalue weighted by Gasteiger charge is -2.27. The summed E-state index contributed by atoms with van der Waals surface area (Å²) >= 11 is 0. The van der Waals surface area contributed by atoms with Crippen molar-refractivity contribution in [3.63, 3.8) is 0 Å². The van der Waals surface area contributed by atoms with Gasteiger partial charge in [-0.3, -0.25) is 9.69 Å². The zero-order valence-electron chi connectivity index (χ0n) is 11.4. The van der Waals surface area contributed by atoms with Crippen molar-refractivity contribution in [2.45, 2.75) is 33.0 Å². The molecule has 0 heterocycles. The van der Waals surface area contributed by atoms with Gasteiger partial charge in [0, 0.05) is 20.1 Å². The van der Waals surface area contributed by atoms with Gasteiger partial charge in [0.05, 0.1) is 6.04 Å². The van der Waals surface area contributed by atoms with Gasteiger partial charge in [-0.2, -0.15) is 0 Å². The van der Waals surface area contributed by atoms with E-state index >= 15 is 0 Å². The summed E-state index contributed by atoms with van der Waals surface area (Å²) < 4.78 is 0. The minimum Gasteiger partial charge on any atom is -0.358 e. The third-order valence-electron chi connectivity index (χ3n) is 3.29. The number of hydrogen-bond acceptors (Lipinski definition) is 3. The molecule has 18 heavy (non-hydrogen) atoms. The minimum absolute atomic E-state index is 0.0436. The van der Waals surface area contributed by atoms with Gasteiger partial charge in [-0.05, 0) is 24.6 Å². The van der Waals surface area contributed by atoms with E-state index in [0.29, 0.717) is 6.54 Å². The van der Waals surface area contributed by atoms with Crippen LogP contribution in [-0.2, 0) is 17.9 Å². The Morgan fingerprint density at radius 3 is 2.50 bits per heavy atom. The number of carbonyl (C=O) groups is 1. The van der Waals surface area contributed by atoms with Gasteiger partial charge in [0.1, 0.15) is 0 Å². The van der Waals surface area contributed by atoms with Crippen LogP contribution >= 0.6 is 0 Å². The van der Waals surface area contributed by atoms with Crippen molar-refractivity contribution in [1.82, 2.24) is 10.2 Å². The monoisotopic (exact) mass is 249 g/mol. The Bertz CT molecular complexity index is 392. The number of nitrogens with one attached hydrogen (secondary N) is 1. The molecule has 0 radical (unpaired) electrons. The van der Waals surface area contributed by atoms with Crippen LogP contribution in [0.5, 0.6) is 0 Å². The van der Waals surface area contributed by atoms with Crippen molar-refractivity contribution in [3.8, 4) is 0 Å². The first-order valence-electron chi connectivity index (χ1n) is 6.36. The fraction of sp³-hybridized carbons (Fsp3) is 0.500. The second kappa shape index (κ2) is 7.13. The molecule has 0 aromatic heterocycles. The van der Waals surface area contributed by atoms with Gasteiger partial charge in [-0.25, -0.2) is 0 Å². The molecule has 0 spiro atoms. The van der Waals surface area contributed by atoms with Crippen LogP contribution in [0.3, 0.4) is 0 Å². The summed E-state index contributed by atoms with van der Waals surface area (Å²) in [6.07, 6.45) is 0. The summed E-state index contributed by atoms with van der Waals surface area (Å²) in [5.74, 6) is 0.0436. The van der Waals surface area contributed by atoms with Crippen LogP contribution < -0.4 is 11.1 Å². The molecule has 1 rings (SSSR count). The van der Waals surface area contributed by atoms with E-state index in [1.165, 1.54) is 5.56 Å². The van der Waals surface area contributed by atoms with Crippen molar-refractivity contribution in [2.75, 3.05) is 13.6 Å². The van der Waals surface area contributed by atoms with Gasteiger partial charge in [0.2, 0.25) is 5.91 Å². The molecule has 0 fully saturated rings. The Labute approximate surface area is 109 Å². The first kappa shape index (κ1) is 14.7. The van der Waals surface area contributed by atoms with E-state index in [1.54, 1.807) is 7.05 Å². The molecular weight excluding hydrogens is 226 g/mol. The predicted molar refractivity (Wildman–Crippen MR) is 73.9 cm³/mol. The average Bonchev–Trinajstić information content (AvgIpc) is 2.43. The van der Waals surface area contributed by atoms with Crippen molar-refractivity contribution >= 4 is 5.91 Å². The molecule has 1 unspecified atom stereocenters. The number of nitrogens with zero attached hydrogens (tertiary/aromatic N) is 1. The predicted octanol–water partition coefficient (Wildman–Crippen LogP) is 1.10.